The number of ether oxygens (including phenoxy) is 1. The van der Waals surface area contributed by atoms with Gasteiger partial charge in [-0.3, -0.25) is 9.69 Å². The average Bonchev–Trinajstić information content (AvgIpc) is 3.09. The number of rotatable bonds is 4. The Kier molecular flexibility index (Phi) is 6.61. The van der Waals surface area contributed by atoms with Crippen LogP contribution in [0.2, 0.25) is 0 Å². The van der Waals surface area contributed by atoms with Crippen LogP contribution in [-0.4, -0.2) is 59.4 Å². The van der Waals surface area contributed by atoms with Crippen LogP contribution in [0.5, 0.6) is 0 Å². The van der Waals surface area contributed by atoms with Crippen LogP contribution in [0.25, 0.3) is 0 Å². The molecule has 1 aromatic heterocycles. The van der Waals surface area contributed by atoms with Gasteiger partial charge < -0.3 is 15.2 Å². The maximum absolute atomic E-state index is 12.4. The molecule has 1 aliphatic carbocycles. The predicted octanol–water partition coefficient (Wildman–Crippen LogP) is 2.64. The minimum Gasteiger partial charge on any atom is -0.475 e. The molecule has 10 heteroatoms. The van der Waals surface area contributed by atoms with E-state index in [1.54, 1.807) is 11.3 Å². The molecule has 1 amide bonds. The van der Waals surface area contributed by atoms with Gasteiger partial charge in [0, 0.05) is 36.7 Å². The van der Waals surface area contributed by atoms with Crippen molar-refractivity contribution in [2.24, 2.45) is 5.92 Å². The summed E-state index contributed by atoms with van der Waals surface area (Å²) < 4.78 is 37.6. The van der Waals surface area contributed by atoms with Crippen LogP contribution in [0.1, 0.15) is 30.6 Å². The number of hydrogen-bond acceptors (Lipinski definition) is 5. The summed E-state index contributed by atoms with van der Waals surface area (Å²) >= 11 is 1.80. The number of piperidine rings is 1. The molecule has 3 aliphatic rings. The van der Waals surface area contributed by atoms with Gasteiger partial charge in [0.2, 0.25) is 5.91 Å². The maximum Gasteiger partial charge on any atom is 0.490 e. The zero-order valence-electron chi connectivity index (χ0n) is 15.2. The Morgan fingerprint density at radius 1 is 1.32 bits per heavy atom. The number of thiophene rings is 1. The van der Waals surface area contributed by atoms with E-state index in [9.17, 15) is 18.0 Å². The largest absolute Gasteiger partial charge is 0.490 e. The average molecular weight is 420 g/mol. The van der Waals surface area contributed by atoms with Crippen molar-refractivity contribution in [1.82, 2.24) is 10.2 Å². The number of likely N-dealkylation sites (tertiary alicyclic amines) is 1. The van der Waals surface area contributed by atoms with Crippen LogP contribution in [0, 0.1) is 5.92 Å². The first-order valence-electron chi connectivity index (χ1n) is 9.22. The molecular weight excluding hydrogens is 397 g/mol. The number of aliphatic carboxylic acids is 1. The predicted molar refractivity (Wildman–Crippen MR) is 95.8 cm³/mol. The van der Waals surface area contributed by atoms with Gasteiger partial charge in [-0.15, -0.1) is 11.3 Å². The van der Waals surface area contributed by atoms with E-state index in [2.05, 4.69) is 27.7 Å². The molecule has 6 nitrogen and oxygen atoms in total. The van der Waals surface area contributed by atoms with Gasteiger partial charge in [-0.05, 0) is 37.1 Å². The highest BCUT2D eigenvalue weighted by Crippen LogP contribution is 2.33. The third-order valence-corrected chi connectivity index (χ3v) is 5.95. The number of carboxylic acid groups (broad SMARTS) is 1. The molecule has 2 N–H and O–H groups in total. The number of carbonyl (C=O) groups is 2. The fourth-order valence-electron chi connectivity index (χ4n) is 3.57. The summed E-state index contributed by atoms with van der Waals surface area (Å²) in [5, 5.41) is 12.4. The molecule has 1 saturated carbocycles. The van der Waals surface area contributed by atoms with Crippen molar-refractivity contribution in [2.75, 3.05) is 13.2 Å². The fraction of sp³-hybridized carbons (Fsp3) is 0.667. The van der Waals surface area contributed by atoms with Crippen LogP contribution in [0.4, 0.5) is 13.2 Å². The van der Waals surface area contributed by atoms with Crippen molar-refractivity contribution >= 4 is 23.2 Å². The van der Waals surface area contributed by atoms with Crippen LogP contribution >= 0.6 is 11.3 Å². The van der Waals surface area contributed by atoms with Crippen molar-refractivity contribution in [3.05, 3.63) is 22.4 Å². The number of alkyl halides is 3. The highest BCUT2D eigenvalue weighted by atomic mass is 32.1. The smallest absolute Gasteiger partial charge is 0.475 e. The number of carboxylic acids is 1. The lowest BCUT2D eigenvalue weighted by molar-refractivity contribution is -0.192. The van der Waals surface area contributed by atoms with E-state index in [1.165, 1.54) is 4.88 Å². The lowest BCUT2D eigenvalue weighted by Crippen LogP contribution is -2.52. The SMILES string of the molecule is O=C(NC1CC1)[C@H]1C[C@H]2OCC[C@H]2N(Cc2cccs2)C1.O=C(O)C(F)(F)F. The zero-order valence-corrected chi connectivity index (χ0v) is 16.0. The molecule has 3 fully saturated rings. The van der Waals surface area contributed by atoms with E-state index in [-0.39, 0.29) is 17.9 Å². The molecule has 156 valence electrons. The van der Waals surface area contributed by atoms with E-state index in [0.717, 1.165) is 45.4 Å². The number of nitrogens with one attached hydrogen (secondary N) is 1. The van der Waals surface area contributed by atoms with E-state index < -0.39 is 12.1 Å². The highest BCUT2D eigenvalue weighted by molar-refractivity contribution is 7.09. The molecule has 0 radical (unpaired) electrons. The van der Waals surface area contributed by atoms with Gasteiger partial charge in [0.05, 0.1) is 12.0 Å². The number of fused-ring (bicyclic) bond motifs is 1. The van der Waals surface area contributed by atoms with Gasteiger partial charge in [-0.25, -0.2) is 4.79 Å². The number of hydrogen-bond donors (Lipinski definition) is 2. The first-order valence-corrected chi connectivity index (χ1v) is 10.1. The van der Waals surface area contributed by atoms with E-state index in [0.29, 0.717) is 12.1 Å². The van der Waals surface area contributed by atoms with Gasteiger partial charge in [0.1, 0.15) is 0 Å². The summed E-state index contributed by atoms with van der Waals surface area (Å²) in [6.07, 6.45) is -0.537. The zero-order chi connectivity index (χ0) is 20.3. The Labute approximate surface area is 164 Å². The molecule has 3 heterocycles. The van der Waals surface area contributed by atoms with Gasteiger partial charge in [0.25, 0.3) is 0 Å². The lowest BCUT2D eigenvalue weighted by atomic mass is 9.89. The van der Waals surface area contributed by atoms with Crippen molar-refractivity contribution < 1.29 is 32.6 Å². The third kappa shape index (κ3) is 5.68. The molecule has 1 aromatic rings. The van der Waals surface area contributed by atoms with Crippen LogP contribution in [0.3, 0.4) is 0 Å². The second-order valence-corrected chi connectivity index (χ2v) is 8.32. The summed E-state index contributed by atoms with van der Waals surface area (Å²) in [5.74, 6) is -2.43. The van der Waals surface area contributed by atoms with Gasteiger partial charge in [-0.2, -0.15) is 13.2 Å². The quantitative estimate of drug-likeness (QED) is 0.783. The normalized spacial score (nSPS) is 27.5. The van der Waals surface area contributed by atoms with Crippen molar-refractivity contribution in [1.29, 1.82) is 0 Å². The fourth-order valence-corrected chi connectivity index (χ4v) is 4.30. The van der Waals surface area contributed by atoms with Crippen LogP contribution < -0.4 is 5.32 Å². The van der Waals surface area contributed by atoms with E-state index >= 15 is 0 Å². The second kappa shape index (κ2) is 8.79. The lowest BCUT2D eigenvalue weighted by Gasteiger charge is -2.40. The molecule has 0 bridgehead atoms. The first-order chi connectivity index (χ1) is 13.2. The number of halogens is 3. The molecule has 28 heavy (non-hydrogen) atoms. The molecule has 0 unspecified atom stereocenters. The maximum atomic E-state index is 12.4. The molecular formula is C18H23F3N2O4S. The van der Waals surface area contributed by atoms with Gasteiger partial charge >= 0.3 is 12.1 Å². The topological polar surface area (TPSA) is 78.9 Å². The van der Waals surface area contributed by atoms with Gasteiger partial charge in [-0.1, -0.05) is 6.07 Å². The third-order valence-electron chi connectivity index (χ3n) is 5.09. The minimum atomic E-state index is -5.08. The number of amides is 1. The Morgan fingerprint density at radius 2 is 2.04 bits per heavy atom. The second-order valence-electron chi connectivity index (χ2n) is 7.29. The summed E-state index contributed by atoms with van der Waals surface area (Å²) in [7, 11) is 0. The Hall–Kier alpha value is -1.65. The Balaban J connectivity index is 0.000000279. The first kappa shape index (κ1) is 21.1. The summed E-state index contributed by atoms with van der Waals surface area (Å²) in [6, 6.07) is 5.23. The molecule has 2 saturated heterocycles. The Bertz CT molecular complexity index is 679. The summed E-state index contributed by atoms with van der Waals surface area (Å²) in [5.41, 5.74) is 0. The van der Waals surface area contributed by atoms with Crippen LogP contribution in [-0.2, 0) is 20.9 Å². The van der Waals surface area contributed by atoms with Crippen molar-refractivity contribution in [3.63, 3.8) is 0 Å². The number of nitrogens with zero attached hydrogens (tertiary/aromatic N) is 1. The molecule has 0 aromatic carbocycles. The van der Waals surface area contributed by atoms with E-state index in [1.807, 2.05) is 0 Å². The van der Waals surface area contributed by atoms with Crippen molar-refractivity contribution in [3.8, 4) is 0 Å². The standard InChI is InChI=1S/C16H22N2O2S.C2HF3O2/c19-16(17-12-3-4-12)11-8-15-14(5-6-20-15)18(9-11)10-13-2-1-7-21-13;3-2(4,5)1(6)7/h1-2,7,11-12,14-15H,3-6,8-10H2,(H,17,19);(H,6,7)/t11-,14+,15+;/m0./s1. The van der Waals surface area contributed by atoms with Crippen molar-refractivity contribution in [2.45, 2.75) is 56.6 Å². The molecule has 4 rings (SSSR count). The van der Waals surface area contributed by atoms with Crippen LogP contribution in [0.15, 0.2) is 17.5 Å². The monoisotopic (exact) mass is 420 g/mol. The minimum absolute atomic E-state index is 0.0879. The Morgan fingerprint density at radius 3 is 2.61 bits per heavy atom. The summed E-state index contributed by atoms with van der Waals surface area (Å²) in [4.78, 5) is 25.1. The summed E-state index contributed by atoms with van der Waals surface area (Å²) in [6.45, 7) is 2.67. The van der Waals surface area contributed by atoms with E-state index in [4.69, 9.17) is 14.6 Å². The number of carbonyl (C=O) groups excluding carboxylic acids is 1. The van der Waals surface area contributed by atoms with Gasteiger partial charge in [0.15, 0.2) is 0 Å². The highest BCUT2D eigenvalue weighted by Gasteiger charge is 2.43. The molecule has 0 spiro atoms. The molecule has 2 aliphatic heterocycles. The molecule has 3 atom stereocenters.